The zero-order valence-electron chi connectivity index (χ0n) is 10.3. The molecule has 1 unspecified atom stereocenters. The van der Waals surface area contributed by atoms with Crippen LogP contribution in [0.3, 0.4) is 0 Å². The van der Waals surface area contributed by atoms with Gasteiger partial charge >= 0.3 is 0 Å². The Morgan fingerprint density at radius 3 is 2.89 bits per heavy atom. The molecule has 2 aromatic rings. The average molecular weight is 325 g/mol. The zero-order valence-corrected chi connectivity index (χ0v) is 11.9. The first kappa shape index (κ1) is 12.4. The molecule has 2 N–H and O–H groups in total. The van der Waals surface area contributed by atoms with Crippen molar-refractivity contribution in [1.29, 1.82) is 0 Å². The standard InChI is InChI=1S/C12H13BrN4O2/c1-17-10(12(13)15-16-17)9(14)7-3-2-4-8-11(7)19-6-5-18-8/h2-4,9H,5-6,14H2,1H3. The van der Waals surface area contributed by atoms with E-state index in [1.54, 1.807) is 11.7 Å². The van der Waals surface area contributed by atoms with Gasteiger partial charge in [0.1, 0.15) is 13.2 Å². The molecule has 1 atom stereocenters. The zero-order chi connectivity index (χ0) is 13.4. The summed E-state index contributed by atoms with van der Waals surface area (Å²) in [5.41, 5.74) is 7.98. The third-order valence-electron chi connectivity index (χ3n) is 3.05. The normalized spacial score (nSPS) is 15.3. The molecular formula is C12H13BrN4O2. The third kappa shape index (κ3) is 2.08. The van der Waals surface area contributed by atoms with Crippen LogP contribution >= 0.6 is 15.9 Å². The Balaban J connectivity index is 2.07. The number of hydrogen-bond acceptors (Lipinski definition) is 5. The SMILES string of the molecule is Cn1nnc(Br)c1C(N)c1cccc2c1OCCO2. The van der Waals surface area contributed by atoms with Gasteiger partial charge in [-0.25, -0.2) is 4.68 Å². The van der Waals surface area contributed by atoms with Crippen molar-refractivity contribution < 1.29 is 9.47 Å². The molecule has 0 bridgehead atoms. The predicted octanol–water partition coefficient (Wildman–Crippen LogP) is 1.40. The molecule has 19 heavy (non-hydrogen) atoms. The first-order valence-corrected chi connectivity index (χ1v) is 6.67. The van der Waals surface area contributed by atoms with Gasteiger partial charge < -0.3 is 15.2 Å². The summed E-state index contributed by atoms with van der Waals surface area (Å²) in [5.74, 6) is 1.43. The van der Waals surface area contributed by atoms with Crippen molar-refractivity contribution in [2.45, 2.75) is 6.04 Å². The number of nitrogens with zero attached hydrogens (tertiary/aromatic N) is 3. The van der Waals surface area contributed by atoms with E-state index in [1.165, 1.54) is 0 Å². The van der Waals surface area contributed by atoms with E-state index in [0.29, 0.717) is 23.6 Å². The van der Waals surface area contributed by atoms with Crippen LogP contribution in [0.25, 0.3) is 0 Å². The average Bonchev–Trinajstić information content (AvgIpc) is 2.77. The summed E-state index contributed by atoms with van der Waals surface area (Å²) in [6.45, 7) is 1.09. The first-order valence-electron chi connectivity index (χ1n) is 5.87. The van der Waals surface area contributed by atoms with Crippen LogP contribution in [-0.2, 0) is 7.05 Å². The van der Waals surface area contributed by atoms with Gasteiger partial charge in [-0.1, -0.05) is 17.3 Å². The second-order valence-corrected chi connectivity index (χ2v) is 4.99. The van der Waals surface area contributed by atoms with Gasteiger partial charge in [-0.2, -0.15) is 0 Å². The molecule has 100 valence electrons. The number of aromatic nitrogens is 3. The van der Waals surface area contributed by atoms with Crippen LogP contribution in [0.1, 0.15) is 17.3 Å². The highest BCUT2D eigenvalue weighted by Crippen LogP contribution is 2.38. The van der Waals surface area contributed by atoms with Crippen LogP contribution in [-0.4, -0.2) is 28.2 Å². The highest BCUT2D eigenvalue weighted by molar-refractivity contribution is 9.10. The topological polar surface area (TPSA) is 75.2 Å². The summed E-state index contributed by atoms with van der Waals surface area (Å²) in [6, 6.07) is 5.32. The summed E-state index contributed by atoms with van der Waals surface area (Å²) in [4.78, 5) is 0. The van der Waals surface area contributed by atoms with E-state index in [2.05, 4.69) is 26.2 Å². The lowest BCUT2D eigenvalue weighted by Gasteiger charge is -2.23. The highest BCUT2D eigenvalue weighted by atomic mass is 79.9. The van der Waals surface area contributed by atoms with E-state index < -0.39 is 0 Å². The minimum atomic E-state index is -0.383. The molecule has 0 aliphatic carbocycles. The summed E-state index contributed by atoms with van der Waals surface area (Å²) in [6.07, 6.45) is 0. The summed E-state index contributed by atoms with van der Waals surface area (Å²) in [5, 5.41) is 7.89. The van der Waals surface area contributed by atoms with Gasteiger partial charge in [0.2, 0.25) is 0 Å². The van der Waals surface area contributed by atoms with E-state index in [0.717, 1.165) is 17.0 Å². The number of fused-ring (bicyclic) bond motifs is 1. The van der Waals surface area contributed by atoms with Crippen molar-refractivity contribution in [2.24, 2.45) is 12.8 Å². The molecule has 0 saturated heterocycles. The van der Waals surface area contributed by atoms with Gasteiger partial charge in [0.25, 0.3) is 0 Å². The summed E-state index contributed by atoms with van der Waals surface area (Å²) >= 11 is 3.36. The van der Waals surface area contributed by atoms with Gasteiger partial charge in [0, 0.05) is 12.6 Å². The Kier molecular flexibility index (Phi) is 3.16. The van der Waals surface area contributed by atoms with Crippen molar-refractivity contribution in [1.82, 2.24) is 15.0 Å². The molecule has 2 heterocycles. The van der Waals surface area contributed by atoms with Crippen LogP contribution in [0.15, 0.2) is 22.8 Å². The smallest absolute Gasteiger partial charge is 0.166 e. The molecule has 7 heteroatoms. The predicted molar refractivity (Wildman–Crippen MR) is 72.2 cm³/mol. The molecule has 1 aromatic carbocycles. The molecule has 0 radical (unpaired) electrons. The number of rotatable bonds is 2. The minimum absolute atomic E-state index is 0.383. The summed E-state index contributed by atoms with van der Waals surface area (Å²) < 4.78 is 13.5. The fourth-order valence-corrected chi connectivity index (χ4v) is 2.73. The molecule has 6 nitrogen and oxygen atoms in total. The van der Waals surface area contributed by atoms with E-state index in [9.17, 15) is 0 Å². The maximum atomic E-state index is 6.32. The molecule has 3 rings (SSSR count). The fraction of sp³-hybridized carbons (Fsp3) is 0.333. The van der Waals surface area contributed by atoms with Crippen molar-refractivity contribution in [3.63, 3.8) is 0 Å². The molecular weight excluding hydrogens is 312 g/mol. The quantitative estimate of drug-likeness (QED) is 0.903. The van der Waals surface area contributed by atoms with Crippen molar-refractivity contribution in [3.8, 4) is 11.5 Å². The summed E-state index contributed by atoms with van der Waals surface area (Å²) in [7, 11) is 1.81. The molecule has 1 aliphatic rings. The third-order valence-corrected chi connectivity index (χ3v) is 3.62. The maximum Gasteiger partial charge on any atom is 0.166 e. The van der Waals surface area contributed by atoms with Crippen molar-refractivity contribution in [2.75, 3.05) is 13.2 Å². The van der Waals surface area contributed by atoms with Crippen molar-refractivity contribution in [3.05, 3.63) is 34.1 Å². The van der Waals surface area contributed by atoms with E-state index in [-0.39, 0.29) is 6.04 Å². The van der Waals surface area contributed by atoms with Crippen molar-refractivity contribution >= 4 is 15.9 Å². The van der Waals surface area contributed by atoms with Crippen LogP contribution in [0, 0.1) is 0 Å². The highest BCUT2D eigenvalue weighted by Gasteiger charge is 2.24. The second-order valence-electron chi connectivity index (χ2n) is 4.24. The van der Waals surface area contributed by atoms with E-state index in [4.69, 9.17) is 15.2 Å². The largest absolute Gasteiger partial charge is 0.486 e. The van der Waals surface area contributed by atoms with E-state index in [1.807, 2.05) is 18.2 Å². The number of benzene rings is 1. The van der Waals surface area contributed by atoms with Crippen LogP contribution in [0.2, 0.25) is 0 Å². The number of hydrogen-bond donors (Lipinski definition) is 1. The molecule has 0 saturated carbocycles. The second kappa shape index (κ2) is 4.82. The van der Waals surface area contributed by atoms with E-state index >= 15 is 0 Å². The van der Waals surface area contributed by atoms with Gasteiger partial charge in [-0.15, -0.1) is 5.10 Å². The maximum absolute atomic E-state index is 6.32. The molecule has 0 fully saturated rings. The monoisotopic (exact) mass is 324 g/mol. The Morgan fingerprint density at radius 1 is 1.37 bits per heavy atom. The fourth-order valence-electron chi connectivity index (χ4n) is 2.16. The number of halogens is 1. The minimum Gasteiger partial charge on any atom is -0.486 e. The molecule has 0 amide bonds. The van der Waals surface area contributed by atoms with Gasteiger partial charge in [-0.05, 0) is 22.0 Å². The lowest BCUT2D eigenvalue weighted by Crippen LogP contribution is -2.21. The molecule has 1 aromatic heterocycles. The Hall–Kier alpha value is -1.60. The molecule has 1 aliphatic heterocycles. The number of ether oxygens (including phenoxy) is 2. The lowest BCUT2D eigenvalue weighted by molar-refractivity contribution is 0.169. The molecule has 0 spiro atoms. The first-order chi connectivity index (χ1) is 9.18. The van der Waals surface area contributed by atoms with Gasteiger partial charge in [0.15, 0.2) is 16.1 Å². The Morgan fingerprint density at radius 2 is 2.16 bits per heavy atom. The van der Waals surface area contributed by atoms with Gasteiger partial charge in [0.05, 0.1) is 11.7 Å². The Labute approximate surface area is 118 Å². The Bertz CT molecular complexity index is 594. The van der Waals surface area contributed by atoms with Crippen LogP contribution < -0.4 is 15.2 Å². The van der Waals surface area contributed by atoms with Crippen LogP contribution in [0.5, 0.6) is 11.5 Å². The number of nitrogens with two attached hydrogens (primary N) is 1. The number of aryl methyl sites for hydroxylation is 1. The van der Waals surface area contributed by atoms with Crippen LogP contribution in [0.4, 0.5) is 0 Å². The van der Waals surface area contributed by atoms with Gasteiger partial charge in [-0.3, -0.25) is 0 Å². The number of para-hydroxylation sites is 1. The lowest BCUT2D eigenvalue weighted by atomic mass is 10.0.